The molecule has 0 aliphatic carbocycles. The van der Waals surface area contributed by atoms with E-state index in [4.69, 9.17) is 0 Å². The van der Waals surface area contributed by atoms with Crippen molar-refractivity contribution in [2.24, 2.45) is 0 Å². The molecule has 1 heterocycles. The maximum absolute atomic E-state index is 12.9. The standard InChI is InChI=1S/C22H28N4O2/c1-24(2)12-11-23-21(27)18-7-6-8-19(17-18)22(28)26-15-13-25(14-16-26)20-9-4-3-5-10-20/h3-10,17H,11-16H2,1-2H3,(H,23,27). The first-order valence-electron chi connectivity index (χ1n) is 9.67. The normalized spacial score (nSPS) is 14.2. The number of amides is 2. The Labute approximate surface area is 166 Å². The summed E-state index contributed by atoms with van der Waals surface area (Å²) in [5, 5.41) is 2.89. The van der Waals surface area contributed by atoms with E-state index >= 15 is 0 Å². The molecule has 3 rings (SSSR count). The summed E-state index contributed by atoms with van der Waals surface area (Å²) in [6.45, 7) is 4.31. The van der Waals surface area contributed by atoms with Crippen molar-refractivity contribution >= 4 is 17.5 Å². The minimum Gasteiger partial charge on any atom is -0.368 e. The number of nitrogens with one attached hydrogen (secondary N) is 1. The largest absolute Gasteiger partial charge is 0.368 e. The molecule has 0 spiro atoms. The summed E-state index contributed by atoms with van der Waals surface area (Å²) in [4.78, 5) is 31.4. The highest BCUT2D eigenvalue weighted by molar-refractivity contribution is 5.99. The number of rotatable bonds is 6. The smallest absolute Gasteiger partial charge is 0.253 e. The van der Waals surface area contributed by atoms with E-state index in [0.717, 1.165) is 19.6 Å². The van der Waals surface area contributed by atoms with Gasteiger partial charge in [-0.2, -0.15) is 0 Å². The van der Waals surface area contributed by atoms with Gasteiger partial charge in [-0.05, 0) is 44.4 Å². The molecule has 0 aromatic heterocycles. The molecule has 6 nitrogen and oxygen atoms in total. The first-order chi connectivity index (χ1) is 13.5. The van der Waals surface area contributed by atoms with Crippen molar-refractivity contribution in [2.45, 2.75) is 0 Å². The van der Waals surface area contributed by atoms with Gasteiger partial charge in [0.1, 0.15) is 0 Å². The highest BCUT2D eigenvalue weighted by Crippen LogP contribution is 2.17. The first kappa shape index (κ1) is 19.9. The summed E-state index contributed by atoms with van der Waals surface area (Å²) in [5.74, 6) is -0.166. The molecule has 2 aromatic carbocycles. The molecule has 148 valence electrons. The highest BCUT2D eigenvalue weighted by Gasteiger charge is 2.22. The van der Waals surface area contributed by atoms with E-state index in [9.17, 15) is 9.59 Å². The average molecular weight is 380 g/mol. The van der Waals surface area contributed by atoms with Crippen LogP contribution in [0.5, 0.6) is 0 Å². The summed E-state index contributed by atoms with van der Waals surface area (Å²) in [7, 11) is 3.92. The van der Waals surface area contributed by atoms with Gasteiger partial charge in [0.2, 0.25) is 0 Å². The molecule has 0 atom stereocenters. The van der Waals surface area contributed by atoms with Gasteiger partial charge in [-0.1, -0.05) is 24.3 Å². The van der Waals surface area contributed by atoms with Gasteiger partial charge in [-0.25, -0.2) is 0 Å². The van der Waals surface area contributed by atoms with E-state index in [-0.39, 0.29) is 11.8 Å². The minimum absolute atomic E-state index is 0.0179. The number of para-hydroxylation sites is 1. The van der Waals surface area contributed by atoms with Crippen LogP contribution in [-0.2, 0) is 0 Å². The van der Waals surface area contributed by atoms with E-state index in [1.807, 2.05) is 42.1 Å². The molecular weight excluding hydrogens is 352 g/mol. The topological polar surface area (TPSA) is 55.9 Å². The second-order valence-corrected chi connectivity index (χ2v) is 7.25. The lowest BCUT2D eigenvalue weighted by molar-refractivity contribution is 0.0747. The SMILES string of the molecule is CN(C)CCNC(=O)c1cccc(C(=O)N2CCN(c3ccccc3)CC2)c1. The van der Waals surface area contributed by atoms with Crippen LogP contribution in [0.15, 0.2) is 54.6 Å². The van der Waals surface area contributed by atoms with Crippen molar-refractivity contribution in [3.8, 4) is 0 Å². The van der Waals surface area contributed by atoms with Crippen molar-refractivity contribution in [3.05, 3.63) is 65.7 Å². The van der Waals surface area contributed by atoms with Crippen molar-refractivity contribution in [3.63, 3.8) is 0 Å². The van der Waals surface area contributed by atoms with Crippen LogP contribution < -0.4 is 10.2 Å². The van der Waals surface area contributed by atoms with E-state index in [1.54, 1.807) is 24.3 Å². The van der Waals surface area contributed by atoms with Crippen LogP contribution in [0.3, 0.4) is 0 Å². The van der Waals surface area contributed by atoms with Crippen LogP contribution in [0.25, 0.3) is 0 Å². The number of hydrogen-bond donors (Lipinski definition) is 1. The Kier molecular flexibility index (Phi) is 6.66. The zero-order valence-electron chi connectivity index (χ0n) is 16.6. The van der Waals surface area contributed by atoms with Crippen LogP contribution in [0.4, 0.5) is 5.69 Å². The maximum atomic E-state index is 12.9. The zero-order valence-corrected chi connectivity index (χ0v) is 16.6. The molecule has 6 heteroatoms. The number of nitrogens with zero attached hydrogens (tertiary/aromatic N) is 3. The predicted octanol–water partition coefficient (Wildman–Crippen LogP) is 1.94. The fourth-order valence-electron chi connectivity index (χ4n) is 3.28. The lowest BCUT2D eigenvalue weighted by Crippen LogP contribution is -2.48. The number of benzene rings is 2. The van der Waals surface area contributed by atoms with Gasteiger partial charge < -0.3 is 20.0 Å². The third kappa shape index (κ3) is 5.10. The summed E-state index contributed by atoms with van der Waals surface area (Å²) >= 11 is 0. The number of likely N-dealkylation sites (N-methyl/N-ethyl adjacent to an activating group) is 1. The minimum atomic E-state index is -0.148. The lowest BCUT2D eigenvalue weighted by atomic mass is 10.1. The number of piperazine rings is 1. The van der Waals surface area contributed by atoms with Gasteiger partial charge in [0.15, 0.2) is 0 Å². The molecule has 1 aliphatic heterocycles. The predicted molar refractivity (Wildman–Crippen MR) is 112 cm³/mol. The van der Waals surface area contributed by atoms with Crippen molar-refractivity contribution in [2.75, 3.05) is 58.3 Å². The molecular formula is C22H28N4O2. The van der Waals surface area contributed by atoms with Crippen LogP contribution in [0.1, 0.15) is 20.7 Å². The Morgan fingerprint density at radius 3 is 2.29 bits per heavy atom. The number of anilines is 1. The summed E-state index contributed by atoms with van der Waals surface area (Å²) in [5.41, 5.74) is 2.27. The Morgan fingerprint density at radius 2 is 1.61 bits per heavy atom. The van der Waals surface area contributed by atoms with Gasteiger partial charge in [0.05, 0.1) is 0 Å². The fraction of sp³-hybridized carbons (Fsp3) is 0.364. The molecule has 1 aliphatic rings. The monoisotopic (exact) mass is 380 g/mol. The van der Waals surface area contributed by atoms with Gasteiger partial charge in [0.25, 0.3) is 11.8 Å². The molecule has 2 aromatic rings. The number of carbonyl (C=O) groups excluding carboxylic acids is 2. The van der Waals surface area contributed by atoms with Crippen molar-refractivity contribution in [1.82, 2.24) is 15.1 Å². The second-order valence-electron chi connectivity index (χ2n) is 7.25. The maximum Gasteiger partial charge on any atom is 0.253 e. The molecule has 28 heavy (non-hydrogen) atoms. The summed E-state index contributed by atoms with van der Waals surface area (Å²) < 4.78 is 0. The molecule has 0 radical (unpaired) electrons. The van der Waals surface area contributed by atoms with Crippen LogP contribution in [0, 0.1) is 0 Å². The number of carbonyl (C=O) groups is 2. The molecule has 0 bridgehead atoms. The third-order valence-electron chi connectivity index (χ3n) is 4.90. The summed E-state index contributed by atoms with van der Waals surface area (Å²) in [6, 6.07) is 17.2. The van der Waals surface area contributed by atoms with Crippen LogP contribution >= 0.6 is 0 Å². The van der Waals surface area contributed by atoms with Gasteiger partial charge in [-0.3, -0.25) is 9.59 Å². The molecule has 0 saturated carbocycles. The molecule has 2 amide bonds. The Morgan fingerprint density at radius 1 is 0.929 bits per heavy atom. The van der Waals surface area contributed by atoms with Gasteiger partial charge in [0, 0.05) is 56.1 Å². The van der Waals surface area contributed by atoms with E-state index in [1.165, 1.54) is 5.69 Å². The Hall–Kier alpha value is -2.86. The van der Waals surface area contributed by atoms with E-state index in [0.29, 0.717) is 30.8 Å². The molecule has 1 N–H and O–H groups in total. The van der Waals surface area contributed by atoms with Gasteiger partial charge >= 0.3 is 0 Å². The lowest BCUT2D eigenvalue weighted by Gasteiger charge is -2.36. The second kappa shape index (κ2) is 9.37. The first-order valence-corrected chi connectivity index (χ1v) is 9.67. The molecule has 1 fully saturated rings. The molecule has 1 saturated heterocycles. The van der Waals surface area contributed by atoms with Crippen LogP contribution in [0.2, 0.25) is 0 Å². The highest BCUT2D eigenvalue weighted by atomic mass is 16.2. The fourth-order valence-corrected chi connectivity index (χ4v) is 3.28. The average Bonchev–Trinajstić information content (AvgIpc) is 2.74. The Balaban J connectivity index is 1.58. The van der Waals surface area contributed by atoms with Gasteiger partial charge in [-0.15, -0.1) is 0 Å². The van der Waals surface area contributed by atoms with Crippen LogP contribution in [-0.4, -0.2) is 75.0 Å². The summed E-state index contributed by atoms with van der Waals surface area (Å²) in [6.07, 6.45) is 0. The zero-order chi connectivity index (χ0) is 19.9. The quantitative estimate of drug-likeness (QED) is 0.832. The molecule has 0 unspecified atom stereocenters. The van der Waals surface area contributed by atoms with Crippen molar-refractivity contribution < 1.29 is 9.59 Å². The Bertz CT molecular complexity index is 799. The third-order valence-corrected chi connectivity index (χ3v) is 4.90. The van der Waals surface area contributed by atoms with E-state index < -0.39 is 0 Å². The van der Waals surface area contributed by atoms with Crippen molar-refractivity contribution in [1.29, 1.82) is 0 Å². The van der Waals surface area contributed by atoms with E-state index in [2.05, 4.69) is 22.3 Å². The number of hydrogen-bond acceptors (Lipinski definition) is 4.